The summed E-state index contributed by atoms with van der Waals surface area (Å²) in [7, 11) is 0. The molecular weight excluding hydrogens is 314 g/mol. The molecule has 2 rings (SSSR count). The predicted molar refractivity (Wildman–Crippen MR) is 73.7 cm³/mol. The summed E-state index contributed by atoms with van der Waals surface area (Å²) < 4.78 is 0.452. The van der Waals surface area contributed by atoms with Gasteiger partial charge in [0.15, 0.2) is 0 Å². The standard InChI is InChI=1S/C12H14BrN3O3/c13-10-4-1-8(5-11(10)16(18)19)6-14-7-12(17)15-9-2-3-9/h1,4-5,9,14H,2-3,6-7H2,(H,15,17). The van der Waals surface area contributed by atoms with Gasteiger partial charge in [-0.1, -0.05) is 6.07 Å². The number of benzene rings is 1. The average Bonchev–Trinajstić information content (AvgIpc) is 3.14. The van der Waals surface area contributed by atoms with E-state index in [4.69, 9.17) is 0 Å². The molecule has 2 N–H and O–H groups in total. The summed E-state index contributed by atoms with van der Waals surface area (Å²) >= 11 is 3.13. The molecular formula is C12H14BrN3O3. The molecule has 1 aliphatic carbocycles. The van der Waals surface area contributed by atoms with Crippen molar-refractivity contribution in [2.45, 2.75) is 25.4 Å². The first-order chi connectivity index (χ1) is 9.06. The van der Waals surface area contributed by atoms with Crippen molar-refractivity contribution < 1.29 is 9.72 Å². The van der Waals surface area contributed by atoms with Crippen LogP contribution in [-0.2, 0) is 11.3 Å². The molecule has 0 unspecified atom stereocenters. The van der Waals surface area contributed by atoms with Gasteiger partial charge < -0.3 is 10.6 Å². The number of nitro benzene ring substituents is 1. The largest absolute Gasteiger partial charge is 0.352 e. The van der Waals surface area contributed by atoms with Crippen molar-refractivity contribution in [2.75, 3.05) is 6.54 Å². The first-order valence-electron chi connectivity index (χ1n) is 5.99. The van der Waals surface area contributed by atoms with Crippen LogP contribution in [0, 0.1) is 10.1 Å². The molecule has 6 nitrogen and oxygen atoms in total. The maximum absolute atomic E-state index is 11.4. The molecule has 1 saturated carbocycles. The summed E-state index contributed by atoms with van der Waals surface area (Å²) in [6.07, 6.45) is 2.12. The fourth-order valence-electron chi connectivity index (χ4n) is 1.63. The van der Waals surface area contributed by atoms with Crippen molar-refractivity contribution in [3.63, 3.8) is 0 Å². The summed E-state index contributed by atoms with van der Waals surface area (Å²) in [4.78, 5) is 21.8. The Balaban J connectivity index is 1.83. The maximum atomic E-state index is 11.4. The average molecular weight is 328 g/mol. The summed E-state index contributed by atoms with van der Waals surface area (Å²) in [6, 6.07) is 5.26. The van der Waals surface area contributed by atoms with Gasteiger partial charge in [0.2, 0.25) is 5.91 Å². The molecule has 1 amide bonds. The minimum atomic E-state index is -0.437. The Hall–Kier alpha value is -1.47. The zero-order chi connectivity index (χ0) is 13.8. The lowest BCUT2D eigenvalue weighted by molar-refractivity contribution is -0.385. The van der Waals surface area contributed by atoms with E-state index in [-0.39, 0.29) is 18.1 Å². The molecule has 1 aromatic carbocycles. The Bertz CT molecular complexity index is 503. The van der Waals surface area contributed by atoms with Crippen LogP contribution in [0.2, 0.25) is 0 Å². The van der Waals surface area contributed by atoms with Gasteiger partial charge in [0.05, 0.1) is 15.9 Å². The minimum absolute atomic E-state index is 0.0294. The lowest BCUT2D eigenvalue weighted by Crippen LogP contribution is -2.34. The van der Waals surface area contributed by atoms with Crippen molar-refractivity contribution in [3.8, 4) is 0 Å². The number of halogens is 1. The predicted octanol–water partition coefficient (Wildman–Crippen LogP) is 1.73. The molecule has 0 aromatic heterocycles. The second-order valence-electron chi connectivity index (χ2n) is 4.49. The smallest absolute Gasteiger partial charge is 0.283 e. The van der Waals surface area contributed by atoms with Crippen LogP contribution in [0.1, 0.15) is 18.4 Å². The number of hydrogen-bond acceptors (Lipinski definition) is 4. The third-order valence-electron chi connectivity index (χ3n) is 2.76. The van der Waals surface area contributed by atoms with Crippen LogP contribution in [-0.4, -0.2) is 23.4 Å². The van der Waals surface area contributed by atoms with E-state index >= 15 is 0 Å². The normalized spacial score (nSPS) is 14.2. The zero-order valence-electron chi connectivity index (χ0n) is 10.2. The zero-order valence-corrected chi connectivity index (χ0v) is 11.8. The quantitative estimate of drug-likeness (QED) is 0.615. The lowest BCUT2D eigenvalue weighted by atomic mass is 10.2. The van der Waals surface area contributed by atoms with Crippen molar-refractivity contribution in [1.29, 1.82) is 0 Å². The summed E-state index contributed by atoms with van der Waals surface area (Å²) in [5.74, 6) is -0.0332. The third-order valence-corrected chi connectivity index (χ3v) is 3.43. The number of rotatable bonds is 6. The third kappa shape index (κ3) is 4.29. The molecule has 1 aromatic rings. The highest BCUT2D eigenvalue weighted by molar-refractivity contribution is 9.10. The highest BCUT2D eigenvalue weighted by Crippen LogP contribution is 2.25. The summed E-state index contributed by atoms with van der Waals surface area (Å²) in [5, 5.41) is 16.6. The van der Waals surface area contributed by atoms with Gasteiger partial charge in [-0.2, -0.15) is 0 Å². The van der Waals surface area contributed by atoms with Crippen molar-refractivity contribution in [2.24, 2.45) is 0 Å². The second-order valence-corrected chi connectivity index (χ2v) is 5.34. The fraction of sp³-hybridized carbons (Fsp3) is 0.417. The van der Waals surface area contributed by atoms with Gasteiger partial charge in [-0.25, -0.2) is 0 Å². The molecule has 0 radical (unpaired) electrons. The first kappa shape index (κ1) is 14.0. The van der Waals surface area contributed by atoms with E-state index in [1.165, 1.54) is 6.07 Å². The molecule has 19 heavy (non-hydrogen) atoms. The monoisotopic (exact) mass is 327 g/mol. The first-order valence-corrected chi connectivity index (χ1v) is 6.78. The van der Waals surface area contributed by atoms with Gasteiger partial charge in [-0.3, -0.25) is 14.9 Å². The van der Waals surface area contributed by atoms with Crippen molar-refractivity contribution >= 4 is 27.5 Å². The molecule has 102 valence electrons. The van der Waals surface area contributed by atoms with Gasteiger partial charge in [0.25, 0.3) is 5.69 Å². The molecule has 1 fully saturated rings. The van der Waals surface area contributed by atoms with Crippen LogP contribution in [0.15, 0.2) is 22.7 Å². The summed E-state index contributed by atoms with van der Waals surface area (Å²) in [5.41, 5.74) is 0.802. The van der Waals surface area contributed by atoms with E-state index in [9.17, 15) is 14.9 Å². The van der Waals surface area contributed by atoms with E-state index in [1.807, 2.05) is 0 Å². The SMILES string of the molecule is O=C(CNCc1ccc(Br)c([N+](=O)[O-])c1)NC1CC1. The molecule has 7 heteroatoms. The highest BCUT2D eigenvalue weighted by atomic mass is 79.9. The number of carbonyl (C=O) groups is 1. The highest BCUT2D eigenvalue weighted by Gasteiger charge is 2.22. The number of carbonyl (C=O) groups excluding carboxylic acids is 1. The maximum Gasteiger partial charge on any atom is 0.283 e. The van der Waals surface area contributed by atoms with E-state index in [0.717, 1.165) is 18.4 Å². The number of amides is 1. The van der Waals surface area contributed by atoms with Crippen LogP contribution in [0.25, 0.3) is 0 Å². The number of hydrogen-bond donors (Lipinski definition) is 2. The Morgan fingerprint density at radius 3 is 2.84 bits per heavy atom. The Labute approximate surface area is 118 Å². The van der Waals surface area contributed by atoms with Crippen LogP contribution in [0.4, 0.5) is 5.69 Å². The van der Waals surface area contributed by atoms with Gasteiger partial charge >= 0.3 is 0 Å². The van der Waals surface area contributed by atoms with Gasteiger partial charge in [-0.05, 0) is 40.4 Å². The van der Waals surface area contributed by atoms with E-state index in [0.29, 0.717) is 17.1 Å². The number of nitrogens with zero attached hydrogens (tertiary/aromatic N) is 1. The fourth-order valence-corrected chi connectivity index (χ4v) is 2.03. The molecule has 0 atom stereocenters. The minimum Gasteiger partial charge on any atom is -0.352 e. The van der Waals surface area contributed by atoms with Crippen LogP contribution in [0.3, 0.4) is 0 Å². The lowest BCUT2D eigenvalue weighted by Gasteiger charge is -2.06. The van der Waals surface area contributed by atoms with Crippen molar-refractivity contribution in [1.82, 2.24) is 10.6 Å². The number of nitro groups is 1. The topological polar surface area (TPSA) is 84.3 Å². The molecule has 0 heterocycles. The van der Waals surface area contributed by atoms with Crippen LogP contribution >= 0.6 is 15.9 Å². The van der Waals surface area contributed by atoms with Gasteiger partial charge in [-0.15, -0.1) is 0 Å². The molecule has 0 saturated heterocycles. The van der Waals surface area contributed by atoms with Gasteiger partial charge in [0.1, 0.15) is 0 Å². The van der Waals surface area contributed by atoms with Gasteiger partial charge in [0, 0.05) is 18.7 Å². The van der Waals surface area contributed by atoms with E-state index in [1.54, 1.807) is 12.1 Å². The molecule has 1 aliphatic rings. The van der Waals surface area contributed by atoms with Crippen LogP contribution < -0.4 is 10.6 Å². The number of nitrogens with one attached hydrogen (secondary N) is 2. The Morgan fingerprint density at radius 2 is 2.21 bits per heavy atom. The Morgan fingerprint density at radius 1 is 1.47 bits per heavy atom. The second kappa shape index (κ2) is 6.12. The molecule has 0 bridgehead atoms. The van der Waals surface area contributed by atoms with E-state index in [2.05, 4.69) is 26.6 Å². The molecule has 0 spiro atoms. The van der Waals surface area contributed by atoms with E-state index < -0.39 is 4.92 Å². The summed E-state index contributed by atoms with van der Waals surface area (Å²) in [6.45, 7) is 0.645. The van der Waals surface area contributed by atoms with Crippen LogP contribution in [0.5, 0.6) is 0 Å². The van der Waals surface area contributed by atoms with Crippen molar-refractivity contribution in [3.05, 3.63) is 38.3 Å². The Kier molecular flexibility index (Phi) is 4.49. The molecule has 0 aliphatic heterocycles.